The van der Waals surface area contributed by atoms with Crippen LogP contribution in [-0.4, -0.2) is 30.5 Å². The molecule has 2 heterocycles. The highest BCUT2D eigenvalue weighted by Crippen LogP contribution is 2.25. The Labute approximate surface area is 137 Å². The maximum Gasteiger partial charge on any atom is 0.328 e. The lowest BCUT2D eigenvalue weighted by Gasteiger charge is -2.20. The molecule has 0 atom stereocenters. The molecule has 8 heteroatoms. The molecule has 0 aliphatic rings. The highest BCUT2D eigenvalue weighted by atomic mass is 16.3. The molecule has 1 aromatic carbocycles. The number of hydrogen-bond donors (Lipinski definition) is 3. The van der Waals surface area contributed by atoms with E-state index in [1.165, 1.54) is 16.7 Å². The van der Waals surface area contributed by atoms with Crippen molar-refractivity contribution in [3.63, 3.8) is 0 Å². The predicted molar refractivity (Wildman–Crippen MR) is 88.8 cm³/mol. The monoisotopic (exact) mass is 327 g/mol. The summed E-state index contributed by atoms with van der Waals surface area (Å²) in [5.41, 5.74) is 5.38. The Hall–Kier alpha value is -3.16. The third-order valence-electron chi connectivity index (χ3n) is 3.55. The topological polar surface area (TPSA) is 127 Å². The van der Waals surface area contributed by atoms with Crippen molar-refractivity contribution in [2.75, 3.05) is 0 Å². The third-order valence-corrected chi connectivity index (χ3v) is 3.55. The van der Waals surface area contributed by atoms with Crippen LogP contribution in [0.3, 0.4) is 0 Å². The number of aromatic hydroxyl groups is 1. The van der Waals surface area contributed by atoms with E-state index in [-0.39, 0.29) is 28.4 Å². The van der Waals surface area contributed by atoms with Crippen LogP contribution in [0.15, 0.2) is 29.1 Å². The first-order valence-corrected chi connectivity index (χ1v) is 7.31. The molecule has 0 saturated carbocycles. The summed E-state index contributed by atoms with van der Waals surface area (Å²) in [5.74, 6) is -0.533. The number of phenols is 1. The van der Waals surface area contributed by atoms with Crippen molar-refractivity contribution in [2.24, 2.45) is 5.73 Å². The van der Waals surface area contributed by atoms with Gasteiger partial charge < -0.3 is 15.8 Å². The maximum atomic E-state index is 12.3. The van der Waals surface area contributed by atoms with Gasteiger partial charge in [-0.1, -0.05) is 12.1 Å². The van der Waals surface area contributed by atoms with Crippen LogP contribution in [0, 0.1) is 0 Å². The molecule has 0 unspecified atom stereocenters. The molecule has 8 nitrogen and oxygen atoms in total. The van der Waals surface area contributed by atoms with Gasteiger partial charge in [0.05, 0.1) is 0 Å². The average molecular weight is 327 g/mol. The molecule has 0 saturated heterocycles. The smallest absolute Gasteiger partial charge is 0.328 e. The molecular formula is C16H17N5O3. The number of aromatic amines is 1. The predicted octanol–water partition coefficient (Wildman–Crippen LogP) is 1.35. The quantitative estimate of drug-likeness (QED) is 0.654. The molecule has 124 valence electrons. The van der Waals surface area contributed by atoms with E-state index in [0.717, 1.165) is 0 Å². The van der Waals surface area contributed by atoms with Gasteiger partial charge in [-0.2, -0.15) is 0 Å². The number of amides is 1. The molecule has 4 N–H and O–H groups in total. The highest BCUT2D eigenvalue weighted by molar-refractivity contribution is 6.01. The van der Waals surface area contributed by atoms with Crippen LogP contribution in [0.4, 0.5) is 0 Å². The summed E-state index contributed by atoms with van der Waals surface area (Å²) in [5, 5.41) is 9.65. The molecule has 0 aliphatic heterocycles. The van der Waals surface area contributed by atoms with Crippen molar-refractivity contribution >= 4 is 17.1 Å². The number of H-pyrrole nitrogens is 1. The second-order valence-electron chi connectivity index (χ2n) is 6.45. The number of benzene rings is 1. The fraction of sp³-hybridized carbons (Fsp3) is 0.250. The molecule has 24 heavy (non-hydrogen) atoms. The number of nitrogens with zero attached hydrogens (tertiary/aromatic N) is 3. The van der Waals surface area contributed by atoms with Crippen LogP contribution < -0.4 is 11.4 Å². The van der Waals surface area contributed by atoms with Gasteiger partial charge in [-0.05, 0) is 32.9 Å². The fourth-order valence-corrected chi connectivity index (χ4v) is 2.56. The van der Waals surface area contributed by atoms with E-state index >= 15 is 0 Å². The first kappa shape index (κ1) is 15.7. The SMILES string of the molecule is CC(C)(C)n1c(=O)[nH]c2c(C(N)=O)nc(-c3cccc(O)c3)nc21. The van der Waals surface area contributed by atoms with Gasteiger partial charge in [0.2, 0.25) is 0 Å². The van der Waals surface area contributed by atoms with Crippen molar-refractivity contribution in [1.29, 1.82) is 0 Å². The van der Waals surface area contributed by atoms with Gasteiger partial charge in [-0.3, -0.25) is 9.36 Å². The molecule has 3 rings (SSSR count). The Morgan fingerprint density at radius 2 is 2.00 bits per heavy atom. The van der Waals surface area contributed by atoms with Gasteiger partial charge in [-0.25, -0.2) is 14.8 Å². The molecular weight excluding hydrogens is 310 g/mol. The molecule has 0 spiro atoms. The van der Waals surface area contributed by atoms with Crippen molar-refractivity contribution in [3.8, 4) is 17.1 Å². The number of carbonyl (C=O) groups is 1. The number of primary amides is 1. The number of nitrogens with one attached hydrogen (secondary N) is 1. The second kappa shape index (κ2) is 5.19. The van der Waals surface area contributed by atoms with Gasteiger partial charge in [-0.15, -0.1) is 0 Å². The number of aromatic nitrogens is 4. The van der Waals surface area contributed by atoms with E-state index in [4.69, 9.17) is 5.73 Å². The lowest BCUT2D eigenvalue weighted by Crippen LogP contribution is -2.32. The number of nitrogens with two attached hydrogens (primary N) is 1. The maximum absolute atomic E-state index is 12.3. The van der Waals surface area contributed by atoms with E-state index in [0.29, 0.717) is 5.56 Å². The van der Waals surface area contributed by atoms with E-state index in [1.807, 2.05) is 20.8 Å². The van der Waals surface area contributed by atoms with Crippen molar-refractivity contribution in [2.45, 2.75) is 26.3 Å². The summed E-state index contributed by atoms with van der Waals surface area (Å²) in [6.07, 6.45) is 0. The number of hydrogen-bond acceptors (Lipinski definition) is 5. The number of imidazole rings is 1. The Morgan fingerprint density at radius 3 is 2.58 bits per heavy atom. The summed E-state index contributed by atoms with van der Waals surface area (Å²) >= 11 is 0. The van der Waals surface area contributed by atoms with E-state index in [2.05, 4.69) is 15.0 Å². The first-order chi connectivity index (χ1) is 11.2. The van der Waals surface area contributed by atoms with Crippen LogP contribution in [0.1, 0.15) is 31.3 Å². The zero-order valence-electron chi connectivity index (χ0n) is 13.5. The zero-order valence-corrected chi connectivity index (χ0v) is 13.5. The largest absolute Gasteiger partial charge is 0.508 e. The molecule has 1 amide bonds. The van der Waals surface area contributed by atoms with E-state index in [9.17, 15) is 14.7 Å². The van der Waals surface area contributed by atoms with Gasteiger partial charge in [0.15, 0.2) is 17.2 Å². The molecule has 2 aromatic heterocycles. The van der Waals surface area contributed by atoms with Gasteiger partial charge in [0, 0.05) is 11.1 Å². The van der Waals surface area contributed by atoms with Gasteiger partial charge >= 0.3 is 5.69 Å². The Balaban J connectivity index is 2.42. The Bertz CT molecular complexity index is 1010. The van der Waals surface area contributed by atoms with Crippen molar-refractivity contribution in [1.82, 2.24) is 19.5 Å². The number of phenolic OH excluding ortho intramolecular Hbond substituents is 1. The molecule has 3 aromatic rings. The number of carbonyl (C=O) groups excluding carboxylic acids is 1. The standard InChI is InChI=1S/C16H17N5O3/c1-16(2,3)21-14-11(19-15(21)24)10(12(17)23)18-13(20-14)8-5-4-6-9(22)7-8/h4-7,22H,1-3H3,(H2,17,23)(H,19,24). The summed E-state index contributed by atoms with van der Waals surface area (Å²) in [6, 6.07) is 6.31. The van der Waals surface area contributed by atoms with Crippen LogP contribution in [-0.2, 0) is 5.54 Å². The van der Waals surface area contributed by atoms with Gasteiger partial charge in [0.1, 0.15) is 11.3 Å². The number of rotatable bonds is 2. The lowest BCUT2D eigenvalue weighted by molar-refractivity contribution is 0.0997. The first-order valence-electron chi connectivity index (χ1n) is 7.31. The van der Waals surface area contributed by atoms with Crippen LogP contribution in [0.2, 0.25) is 0 Å². The molecule has 0 bridgehead atoms. The molecule has 0 fully saturated rings. The van der Waals surface area contributed by atoms with E-state index < -0.39 is 17.1 Å². The highest BCUT2D eigenvalue weighted by Gasteiger charge is 2.25. The van der Waals surface area contributed by atoms with Crippen LogP contribution in [0.5, 0.6) is 5.75 Å². The van der Waals surface area contributed by atoms with Crippen LogP contribution >= 0.6 is 0 Å². The van der Waals surface area contributed by atoms with Gasteiger partial charge in [0.25, 0.3) is 5.91 Å². The minimum absolute atomic E-state index is 0.0408. The third kappa shape index (κ3) is 2.51. The number of fused-ring (bicyclic) bond motifs is 1. The fourth-order valence-electron chi connectivity index (χ4n) is 2.56. The van der Waals surface area contributed by atoms with E-state index in [1.54, 1.807) is 12.1 Å². The van der Waals surface area contributed by atoms with Crippen molar-refractivity contribution < 1.29 is 9.90 Å². The van der Waals surface area contributed by atoms with Crippen molar-refractivity contribution in [3.05, 3.63) is 40.4 Å². The lowest BCUT2D eigenvalue weighted by atomic mass is 10.1. The van der Waals surface area contributed by atoms with Crippen LogP contribution in [0.25, 0.3) is 22.6 Å². The Morgan fingerprint density at radius 1 is 1.29 bits per heavy atom. The summed E-state index contributed by atoms with van der Waals surface area (Å²) in [4.78, 5) is 35.3. The normalized spacial score (nSPS) is 11.8. The Kier molecular flexibility index (Phi) is 3.40. The molecule has 0 radical (unpaired) electrons. The zero-order chi connectivity index (χ0) is 17.6. The second-order valence-corrected chi connectivity index (χ2v) is 6.45. The molecule has 0 aliphatic carbocycles. The minimum atomic E-state index is -0.772. The average Bonchev–Trinajstić information content (AvgIpc) is 2.81. The summed E-state index contributed by atoms with van der Waals surface area (Å²) in [7, 11) is 0. The summed E-state index contributed by atoms with van der Waals surface area (Å²) in [6.45, 7) is 5.55. The minimum Gasteiger partial charge on any atom is -0.508 e. The summed E-state index contributed by atoms with van der Waals surface area (Å²) < 4.78 is 1.45.